The van der Waals surface area contributed by atoms with E-state index in [1.54, 1.807) is 26.0 Å². The minimum Gasteiger partial charge on any atom is -0.383 e. The number of aliphatic hydroxyl groups is 1. The van der Waals surface area contributed by atoms with E-state index in [9.17, 15) is 13.5 Å². The molecule has 0 aliphatic carbocycles. The van der Waals surface area contributed by atoms with Gasteiger partial charge in [-0.2, -0.15) is 0 Å². The largest absolute Gasteiger partial charge is 0.383 e. The summed E-state index contributed by atoms with van der Waals surface area (Å²) in [5.74, 6) is 0.351. The minimum absolute atomic E-state index is 0.168. The summed E-state index contributed by atoms with van der Waals surface area (Å²) in [5, 5.41) is 9.84. The smallest absolute Gasteiger partial charge is 0.177 e. The summed E-state index contributed by atoms with van der Waals surface area (Å²) in [6.07, 6.45) is 1.14. The lowest BCUT2D eigenvalue weighted by Crippen LogP contribution is -2.17. The highest BCUT2D eigenvalue weighted by molar-refractivity contribution is 7.91. The number of para-hydroxylation sites is 1. The van der Waals surface area contributed by atoms with E-state index in [0.717, 1.165) is 6.26 Å². The predicted molar refractivity (Wildman–Crippen MR) is 64.4 cm³/mol. The van der Waals surface area contributed by atoms with Gasteiger partial charge in [-0.3, -0.25) is 0 Å². The third-order valence-corrected chi connectivity index (χ3v) is 3.58. The van der Waals surface area contributed by atoms with Crippen molar-refractivity contribution in [3.05, 3.63) is 24.0 Å². The van der Waals surface area contributed by atoms with Gasteiger partial charge in [0.2, 0.25) is 0 Å². The van der Waals surface area contributed by atoms with Gasteiger partial charge in [-0.15, -0.1) is 0 Å². The van der Waals surface area contributed by atoms with Gasteiger partial charge in [0.15, 0.2) is 9.84 Å². The topological polar surface area (TPSA) is 83.1 Å². The fourth-order valence-corrected chi connectivity index (χ4v) is 2.43. The number of aromatic nitrogens is 2. The molecule has 0 unspecified atom stereocenters. The second-order valence-electron chi connectivity index (χ2n) is 4.57. The van der Waals surface area contributed by atoms with Gasteiger partial charge in [-0.25, -0.2) is 13.4 Å². The highest BCUT2D eigenvalue weighted by Gasteiger charge is 2.22. The molecule has 1 aromatic heterocycles. The molecule has 0 spiro atoms. The van der Waals surface area contributed by atoms with Crippen molar-refractivity contribution in [2.75, 3.05) is 6.26 Å². The summed E-state index contributed by atoms with van der Waals surface area (Å²) >= 11 is 0. The molecule has 0 radical (unpaired) electrons. The summed E-state index contributed by atoms with van der Waals surface area (Å²) in [4.78, 5) is 7.26. The number of imidazole rings is 1. The number of sulfone groups is 1. The predicted octanol–water partition coefficient (Wildman–Crippen LogP) is 1.19. The van der Waals surface area contributed by atoms with Crippen LogP contribution in [-0.4, -0.2) is 29.7 Å². The molecule has 92 valence electrons. The molecule has 6 heteroatoms. The average molecular weight is 254 g/mol. The molecule has 0 aliphatic rings. The van der Waals surface area contributed by atoms with E-state index in [1.165, 1.54) is 6.07 Å². The fourth-order valence-electron chi connectivity index (χ4n) is 1.59. The highest BCUT2D eigenvalue weighted by Crippen LogP contribution is 2.25. The standard InChI is InChI=1S/C11H14N2O3S/c1-11(2,14)10-12-7-5-4-6-8(9(7)13-10)17(3,15)16/h4-6,14H,1-3H3,(H,12,13). The third kappa shape index (κ3) is 2.18. The molecule has 2 aromatic rings. The second kappa shape index (κ2) is 3.54. The first-order valence-corrected chi connectivity index (χ1v) is 7.00. The number of nitrogens with one attached hydrogen (secondary N) is 1. The van der Waals surface area contributed by atoms with Crippen molar-refractivity contribution >= 4 is 20.9 Å². The molecule has 0 amide bonds. The zero-order chi connectivity index (χ0) is 12.8. The van der Waals surface area contributed by atoms with Crippen LogP contribution in [0.15, 0.2) is 23.1 Å². The molecular formula is C11H14N2O3S. The Labute approximate surface area is 99.4 Å². The van der Waals surface area contributed by atoms with Crippen molar-refractivity contribution in [1.82, 2.24) is 9.97 Å². The molecule has 2 rings (SSSR count). The van der Waals surface area contributed by atoms with Crippen LogP contribution >= 0.6 is 0 Å². The molecular weight excluding hydrogens is 240 g/mol. The first-order valence-electron chi connectivity index (χ1n) is 5.11. The molecule has 17 heavy (non-hydrogen) atoms. The molecule has 5 nitrogen and oxygen atoms in total. The van der Waals surface area contributed by atoms with Crippen LogP contribution in [0, 0.1) is 0 Å². The maximum absolute atomic E-state index is 11.6. The van der Waals surface area contributed by atoms with Crippen LogP contribution in [0.4, 0.5) is 0 Å². The van der Waals surface area contributed by atoms with Crippen LogP contribution < -0.4 is 0 Å². The monoisotopic (exact) mass is 254 g/mol. The van der Waals surface area contributed by atoms with Crippen molar-refractivity contribution in [2.45, 2.75) is 24.3 Å². The Morgan fingerprint density at radius 1 is 1.35 bits per heavy atom. The van der Waals surface area contributed by atoms with Gasteiger partial charge < -0.3 is 10.1 Å². The lowest BCUT2D eigenvalue weighted by Gasteiger charge is -2.12. The molecule has 0 atom stereocenters. The zero-order valence-electron chi connectivity index (χ0n) is 9.85. The van der Waals surface area contributed by atoms with Crippen molar-refractivity contribution in [3.63, 3.8) is 0 Å². The van der Waals surface area contributed by atoms with Crippen LogP contribution in [0.5, 0.6) is 0 Å². The summed E-state index contributed by atoms with van der Waals surface area (Å²) in [6, 6.07) is 4.88. The van der Waals surface area contributed by atoms with Gasteiger partial charge >= 0.3 is 0 Å². The van der Waals surface area contributed by atoms with E-state index in [2.05, 4.69) is 9.97 Å². The summed E-state index contributed by atoms with van der Waals surface area (Å²) < 4.78 is 23.2. The Hall–Kier alpha value is -1.40. The van der Waals surface area contributed by atoms with Crippen LogP contribution in [0.2, 0.25) is 0 Å². The van der Waals surface area contributed by atoms with Crippen molar-refractivity contribution in [1.29, 1.82) is 0 Å². The number of benzene rings is 1. The fraction of sp³-hybridized carbons (Fsp3) is 0.364. The second-order valence-corrected chi connectivity index (χ2v) is 6.55. The Balaban J connectivity index is 2.79. The van der Waals surface area contributed by atoms with E-state index in [1.807, 2.05) is 0 Å². The average Bonchev–Trinajstić information content (AvgIpc) is 2.57. The lowest BCUT2D eigenvalue weighted by molar-refractivity contribution is 0.0700. The first kappa shape index (κ1) is 12.1. The summed E-state index contributed by atoms with van der Waals surface area (Å²) in [5.41, 5.74) is -0.162. The zero-order valence-corrected chi connectivity index (χ0v) is 10.7. The van der Waals surface area contributed by atoms with E-state index in [-0.39, 0.29) is 4.90 Å². The van der Waals surface area contributed by atoms with E-state index < -0.39 is 15.4 Å². The van der Waals surface area contributed by atoms with Crippen molar-refractivity contribution in [3.8, 4) is 0 Å². The Bertz CT molecular complexity index is 666. The number of hydrogen-bond donors (Lipinski definition) is 2. The number of aromatic amines is 1. The summed E-state index contributed by atoms with van der Waals surface area (Å²) in [7, 11) is -3.33. The number of hydrogen-bond acceptors (Lipinski definition) is 4. The van der Waals surface area contributed by atoms with E-state index >= 15 is 0 Å². The van der Waals surface area contributed by atoms with Gasteiger partial charge in [0.05, 0.1) is 10.4 Å². The Morgan fingerprint density at radius 2 is 2.00 bits per heavy atom. The normalized spacial score (nSPS) is 13.2. The van der Waals surface area contributed by atoms with Crippen molar-refractivity contribution < 1.29 is 13.5 Å². The lowest BCUT2D eigenvalue weighted by atomic mass is 10.1. The van der Waals surface area contributed by atoms with Gasteiger partial charge in [-0.1, -0.05) is 6.07 Å². The Kier molecular flexibility index (Phi) is 2.52. The van der Waals surface area contributed by atoms with Gasteiger partial charge in [-0.05, 0) is 26.0 Å². The van der Waals surface area contributed by atoms with Crippen LogP contribution in [0.25, 0.3) is 11.0 Å². The van der Waals surface area contributed by atoms with Crippen LogP contribution in [0.1, 0.15) is 19.7 Å². The number of fused-ring (bicyclic) bond motifs is 1. The van der Waals surface area contributed by atoms with Gasteiger partial charge in [0.1, 0.15) is 16.9 Å². The SMILES string of the molecule is CC(C)(O)c1nc2c(S(C)(=O)=O)cccc2[nH]1. The third-order valence-electron chi connectivity index (χ3n) is 2.45. The summed E-state index contributed by atoms with van der Waals surface area (Å²) in [6.45, 7) is 3.18. The highest BCUT2D eigenvalue weighted by atomic mass is 32.2. The van der Waals surface area contributed by atoms with E-state index in [0.29, 0.717) is 16.9 Å². The molecule has 0 saturated carbocycles. The number of rotatable bonds is 2. The van der Waals surface area contributed by atoms with Crippen LogP contribution in [0.3, 0.4) is 0 Å². The molecule has 0 aliphatic heterocycles. The van der Waals surface area contributed by atoms with Crippen LogP contribution in [-0.2, 0) is 15.4 Å². The quantitative estimate of drug-likeness (QED) is 0.843. The molecule has 0 fully saturated rings. The van der Waals surface area contributed by atoms with Crippen molar-refractivity contribution in [2.24, 2.45) is 0 Å². The molecule has 0 saturated heterocycles. The number of nitrogens with zero attached hydrogens (tertiary/aromatic N) is 1. The number of H-pyrrole nitrogens is 1. The maximum Gasteiger partial charge on any atom is 0.177 e. The minimum atomic E-state index is -3.33. The molecule has 1 heterocycles. The van der Waals surface area contributed by atoms with Gasteiger partial charge in [0, 0.05) is 6.26 Å². The first-order chi connectivity index (χ1) is 7.69. The molecule has 2 N–H and O–H groups in total. The Morgan fingerprint density at radius 3 is 2.53 bits per heavy atom. The maximum atomic E-state index is 11.6. The van der Waals surface area contributed by atoms with Gasteiger partial charge in [0.25, 0.3) is 0 Å². The van der Waals surface area contributed by atoms with E-state index in [4.69, 9.17) is 0 Å². The molecule has 1 aromatic carbocycles. The molecule has 0 bridgehead atoms.